The summed E-state index contributed by atoms with van der Waals surface area (Å²) in [6.45, 7) is 8.16. The summed E-state index contributed by atoms with van der Waals surface area (Å²) in [5, 5.41) is 3.49. The highest BCUT2D eigenvalue weighted by molar-refractivity contribution is 14.2. The highest BCUT2D eigenvalue weighted by Crippen LogP contribution is 2.27. The van der Waals surface area contributed by atoms with Gasteiger partial charge in [-0.25, -0.2) is 4.79 Å². The second kappa shape index (κ2) is 11.6. The number of amides is 3. The lowest BCUT2D eigenvalue weighted by Gasteiger charge is -2.35. The number of nitrogens with zero attached hydrogens (tertiary/aromatic N) is 2. The third-order valence-corrected chi connectivity index (χ3v) is 8.17. The minimum Gasteiger partial charge on any atom is -0.497 e. The van der Waals surface area contributed by atoms with Gasteiger partial charge in [0.05, 0.1) is 13.7 Å². The Kier molecular flexibility index (Phi) is 8.81. The molecule has 3 amide bonds. The Morgan fingerprint density at radius 1 is 1.16 bits per heavy atom. The van der Waals surface area contributed by atoms with Crippen molar-refractivity contribution in [1.82, 2.24) is 10.2 Å². The van der Waals surface area contributed by atoms with E-state index in [0.717, 1.165) is 40.1 Å². The zero-order chi connectivity index (χ0) is 23.1. The first-order valence-electron chi connectivity index (χ1n) is 10.9. The molecule has 0 radical (unpaired) electrons. The van der Waals surface area contributed by atoms with Crippen molar-refractivity contribution in [1.29, 1.82) is 0 Å². The molecule has 1 aliphatic rings. The molecule has 1 saturated heterocycles. The van der Waals surface area contributed by atoms with Gasteiger partial charge in [-0.15, -0.1) is 20.7 Å². The summed E-state index contributed by atoms with van der Waals surface area (Å²) in [6.07, 6.45) is 1.47. The van der Waals surface area contributed by atoms with E-state index in [1.54, 1.807) is 12.0 Å². The minimum absolute atomic E-state index is 0.0593. The summed E-state index contributed by atoms with van der Waals surface area (Å²) < 4.78 is 7.70. The molecule has 0 atom stereocenters. The number of aryl methyl sites for hydroxylation is 1. The van der Waals surface area contributed by atoms with Crippen LogP contribution < -0.4 is 15.0 Å². The normalized spacial score (nSPS) is 15.1. The first-order valence-corrected chi connectivity index (χ1v) is 13.5. The summed E-state index contributed by atoms with van der Waals surface area (Å²) in [6, 6.07) is 13.5. The Morgan fingerprint density at radius 2 is 1.91 bits per heavy atom. The maximum Gasteiger partial charge on any atom is 0.331 e. The van der Waals surface area contributed by atoms with Gasteiger partial charge in [-0.1, -0.05) is 25.1 Å². The Morgan fingerprint density at radius 3 is 2.56 bits per heavy atom. The van der Waals surface area contributed by atoms with Gasteiger partial charge in [0.15, 0.2) is 0 Å². The number of alkyl halides is 1. The highest BCUT2D eigenvalue weighted by Gasteiger charge is 2.33. The van der Waals surface area contributed by atoms with Gasteiger partial charge in [0.25, 0.3) is 0 Å². The maximum atomic E-state index is 13.2. The zero-order valence-corrected chi connectivity index (χ0v) is 21.4. The van der Waals surface area contributed by atoms with Crippen molar-refractivity contribution in [3.05, 3.63) is 59.2 Å². The van der Waals surface area contributed by atoms with Crippen molar-refractivity contribution in [3.8, 4) is 5.75 Å². The van der Waals surface area contributed by atoms with Crippen molar-refractivity contribution >= 4 is 41.9 Å². The fraction of sp³-hybridized carbons (Fsp3) is 0.400. The van der Waals surface area contributed by atoms with E-state index in [2.05, 4.69) is 31.3 Å². The van der Waals surface area contributed by atoms with Crippen LogP contribution in [0.3, 0.4) is 0 Å². The molecule has 0 aliphatic carbocycles. The molecule has 3 rings (SSSR count). The molecule has 0 unspecified atom stereocenters. The number of hydrogen-bond donors (Lipinski definition) is 1. The Labute approximate surface area is 200 Å². The second-order valence-corrected chi connectivity index (χ2v) is 11.0. The SMILES string of the molecule is CCCNCI=C(C)c1ccc(N2CCC(=O)N(Cc3ccc(OC)cc3)C2=O)c(C)c1. The molecule has 7 heteroatoms. The average Bonchev–Trinajstić information content (AvgIpc) is 2.80. The zero-order valence-electron chi connectivity index (χ0n) is 19.3. The molecule has 0 saturated carbocycles. The van der Waals surface area contributed by atoms with E-state index in [9.17, 15) is 9.59 Å². The van der Waals surface area contributed by atoms with Crippen LogP contribution in [0, 0.1) is 6.92 Å². The van der Waals surface area contributed by atoms with E-state index in [0.29, 0.717) is 13.0 Å². The Hall–Kier alpha value is -2.26. The number of methoxy groups -OCH3 is 1. The number of ether oxygens (including phenoxy) is 1. The summed E-state index contributed by atoms with van der Waals surface area (Å²) in [7, 11) is 1.61. The predicted octanol–water partition coefficient (Wildman–Crippen LogP) is 4.83. The molecule has 0 aromatic heterocycles. The van der Waals surface area contributed by atoms with Crippen LogP contribution in [0.15, 0.2) is 42.5 Å². The van der Waals surface area contributed by atoms with Gasteiger partial charge in [-0.05, 0) is 71.3 Å². The van der Waals surface area contributed by atoms with E-state index in [4.69, 9.17) is 4.74 Å². The largest absolute Gasteiger partial charge is 0.497 e. The number of rotatable bonds is 9. The molecular formula is C25H32IN3O3. The fourth-order valence-electron chi connectivity index (χ4n) is 3.62. The lowest BCUT2D eigenvalue weighted by atomic mass is 10.1. The van der Waals surface area contributed by atoms with Gasteiger partial charge in [0.2, 0.25) is 5.91 Å². The van der Waals surface area contributed by atoms with E-state index in [1.807, 2.05) is 37.3 Å². The standard InChI is InChI=1S/C25H32IN3O3/c1-5-13-27-17-26-19(3)21-8-11-23(18(2)15-21)28-14-12-24(30)29(25(28)31)16-20-6-9-22(32-4)10-7-20/h6-11,15,27H,5,12-14,16-17H2,1-4H3. The van der Waals surface area contributed by atoms with Gasteiger partial charge in [0.1, 0.15) is 5.75 Å². The number of halogens is 1. The molecule has 32 heavy (non-hydrogen) atoms. The van der Waals surface area contributed by atoms with Gasteiger partial charge >= 0.3 is 6.03 Å². The maximum absolute atomic E-state index is 13.2. The number of imide groups is 1. The molecule has 0 bridgehead atoms. The quantitative estimate of drug-likeness (QED) is 0.211. The van der Waals surface area contributed by atoms with E-state index >= 15 is 0 Å². The number of nitrogens with one attached hydrogen (secondary N) is 1. The molecule has 6 nitrogen and oxygen atoms in total. The van der Waals surface area contributed by atoms with E-state index < -0.39 is 0 Å². The molecule has 1 fully saturated rings. The van der Waals surface area contributed by atoms with Crippen LogP contribution >= 0.6 is 20.7 Å². The van der Waals surface area contributed by atoms with Gasteiger partial charge in [0, 0.05) is 23.2 Å². The molecular weight excluding hydrogens is 517 g/mol. The van der Waals surface area contributed by atoms with Gasteiger partial charge in [-0.3, -0.25) is 14.6 Å². The minimum atomic E-state index is -0.259. The topological polar surface area (TPSA) is 61.9 Å². The molecule has 0 spiro atoms. The summed E-state index contributed by atoms with van der Waals surface area (Å²) in [5.74, 6) is 0.614. The first kappa shape index (κ1) is 24.4. The number of carbonyl (C=O) groups is 2. The van der Waals surface area contributed by atoms with Gasteiger partial charge < -0.3 is 10.1 Å². The summed E-state index contributed by atoms with van der Waals surface area (Å²) in [4.78, 5) is 28.8. The Balaban J connectivity index is 1.75. The summed E-state index contributed by atoms with van der Waals surface area (Å²) >= 11 is -0.0593. The van der Waals surface area contributed by atoms with Crippen LogP contribution in [0.5, 0.6) is 5.75 Å². The van der Waals surface area contributed by atoms with Crippen LogP contribution in [-0.4, -0.2) is 45.1 Å². The first-order chi connectivity index (χ1) is 15.4. The Bertz CT molecular complexity index is 988. The van der Waals surface area contributed by atoms with E-state index in [-0.39, 0.29) is 39.2 Å². The van der Waals surface area contributed by atoms with E-state index in [1.165, 1.54) is 14.0 Å². The smallest absolute Gasteiger partial charge is 0.331 e. The average molecular weight is 549 g/mol. The van der Waals surface area contributed by atoms with Crippen LogP contribution in [-0.2, 0) is 11.3 Å². The third kappa shape index (κ3) is 5.95. The lowest BCUT2D eigenvalue weighted by Crippen LogP contribution is -2.52. The number of carbonyl (C=O) groups excluding carboxylic acids is 2. The third-order valence-electron chi connectivity index (χ3n) is 5.49. The number of hydrogen-bond acceptors (Lipinski definition) is 4. The highest BCUT2D eigenvalue weighted by atomic mass is 127. The van der Waals surface area contributed by atoms with Crippen LogP contribution in [0.2, 0.25) is 0 Å². The molecule has 172 valence electrons. The van der Waals surface area contributed by atoms with Crippen molar-refractivity contribution in [2.45, 2.75) is 40.2 Å². The molecule has 2 aromatic carbocycles. The second-order valence-electron chi connectivity index (χ2n) is 7.81. The van der Waals surface area contributed by atoms with Crippen LogP contribution in [0.4, 0.5) is 10.5 Å². The monoisotopic (exact) mass is 549 g/mol. The van der Waals surface area contributed by atoms with Crippen molar-refractivity contribution < 1.29 is 14.3 Å². The molecule has 2 aromatic rings. The molecule has 1 heterocycles. The molecule has 1 N–H and O–H groups in total. The van der Waals surface area contributed by atoms with Crippen LogP contribution in [0.1, 0.15) is 43.4 Å². The number of benzene rings is 2. The lowest BCUT2D eigenvalue weighted by molar-refractivity contribution is -0.129. The fourth-order valence-corrected chi connectivity index (χ4v) is 5.62. The number of anilines is 1. The van der Waals surface area contributed by atoms with Crippen LogP contribution in [0.25, 0.3) is 0 Å². The number of urea groups is 1. The predicted molar refractivity (Wildman–Crippen MR) is 139 cm³/mol. The van der Waals surface area contributed by atoms with Crippen molar-refractivity contribution in [2.75, 3.05) is 29.7 Å². The van der Waals surface area contributed by atoms with Gasteiger partial charge in [-0.2, -0.15) is 0 Å². The van der Waals surface area contributed by atoms with Crippen molar-refractivity contribution in [3.63, 3.8) is 0 Å². The molecule has 1 aliphatic heterocycles. The summed E-state index contributed by atoms with van der Waals surface area (Å²) in [5.41, 5.74) is 4.07. The van der Waals surface area contributed by atoms with Crippen molar-refractivity contribution in [2.24, 2.45) is 0 Å².